The number of ether oxygens (including phenoxy) is 2. The van der Waals surface area contributed by atoms with Crippen molar-refractivity contribution in [1.29, 1.82) is 0 Å². The van der Waals surface area contributed by atoms with Crippen molar-refractivity contribution in [2.75, 3.05) is 19.8 Å². The molecule has 2 rings (SSSR count). The number of nitrogens with two attached hydrogens (primary N) is 1. The monoisotopic (exact) mass is 357 g/mol. The molecule has 24 heavy (non-hydrogen) atoms. The zero-order chi connectivity index (χ0) is 17.7. The Morgan fingerprint density at radius 3 is 2.58 bits per heavy atom. The smallest absolute Gasteiger partial charge is 0.241 e. The molecule has 0 fully saturated rings. The normalized spacial score (nSPS) is 16.8. The lowest BCUT2D eigenvalue weighted by molar-refractivity contribution is -0.122. The second-order valence-corrected chi connectivity index (χ2v) is 7.36. The summed E-state index contributed by atoms with van der Waals surface area (Å²) in [7, 11) is -3.87. The zero-order valence-electron chi connectivity index (χ0n) is 13.7. The number of benzene rings is 1. The largest absolute Gasteiger partial charge is 0.490 e. The molecule has 0 aromatic heterocycles. The van der Waals surface area contributed by atoms with Crippen LogP contribution in [0.1, 0.15) is 20.3 Å². The molecule has 4 N–H and O–H groups in total. The lowest BCUT2D eigenvalue weighted by atomic mass is 10.3. The van der Waals surface area contributed by atoms with E-state index in [0.29, 0.717) is 24.7 Å². The minimum absolute atomic E-state index is 0.0123. The number of hydrogen-bond acceptors (Lipinski definition) is 6. The lowest BCUT2D eigenvalue weighted by Crippen LogP contribution is -2.48. The molecule has 1 aliphatic heterocycles. The third-order valence-electron chi connectivity index (χ3n) is 3.50. The first-order chi connectivity index (χ1) is 11.3. The predicted molar refractivity (Wildman–Crippen MR) is 88.5 cm³/mol. The Morgan fingerprint density at radius 1 is 1.25 bits per heavy atom. The van der Waals surface area contributed by atoms with Gasteiger partial charge in [-0.15, -0.1) is 0 Å². The number of carbonyl (C=O) groups excluding carboxylic acids is 1. The van der Waals surface area contributed by atoms with Gasteiger partial charge in [0.2, 0.25) is 15.9 Å². The van der Waals surface area contributed by atoms with Crippen LogP contribution in [0.2, 0.25) is 0 Å². The van der Waals surface area contributed by atoms with Gasteiger partial charge in [0.25, 0.3) is 0 Å². The molecule has 0 aliphatic carbocycles. The lowest BCUT2D eigenvalue weighted by Gasteiger charge is -2.18. The first-order valence-electron chi connectivity index (χ1n) is 7.76. The molecule has 1 amide bonds. The molecule has 2 atom stereocenters. The van der Waals surface area contributed by atoms with Crippen molar-refractivity contribution < 1.29 is 22.7 Å². The van der Waals surface area contributed by atoms with Gasteiger partial charge >= 0.3 is 0 Å². The van der Waals surface area contributed by atoms with Crippen LogP contribution in [0.3, 0.4) is 0 Å². The molecule has 1 aromatic carbocycles. The van der Waals surface area contributed by atoms with Crippen LogP contribution in [-0.4, -0.2) is 46.2 Å². The van der Waals surface area contributed by atoms with E-state index in [1.807, 2.05) is 0 Å². The molecule has 1 unspecified atom stereocenters. The Bertz CT molecular complexity index is 692. The Kier molecular flexibility index (Phi) is 6.03. The molecule has 0 bridgehead atoms. The molecule has 1 aromatic rings. The van der Waals surface area contributed by atoms with E-state index < -0.39 is 22.0 Å². The maximum absolute atomic E-state index is 12.5. The summed E-state index contributed by atoms with van der Waals surface area (Å²) in [5.41, 5.74) is 5.44. The third-order valence-corrected chi connectivity index (χ3v) is 5.04. The summed E-state index contributed by atoms with van der Waals surface area (Å²) in [4.78, 5) is 12.0. The molecule has 0 saturated heterocycles. The maximum Gasteiger partial charge on any atom is 0.241 e. The Balaban J connectivity index is 2.12. The summed E-state index contributed by atoms with van der Waals surface area (Å²) in [6.07, 6.45) is 0.728. The van der Waals surface area contributed by atoms with Gasteiger partial charge < -0.3 is 20.5 Å². The standard InChI is InChI=1S/C15H23N3O5S/c1-10(9-16)17-15(19)11(2)18-24(20,21)12-4-5-13-14(8-12)23-7-3-6-22-13/h4-5,8,10-11,18H,3,6-7,9,16H2,1-2H3,(H,17,19)/t10-,11?/m0/s1. The highest BCUT2D eigenvalue weighted by Gasteiger charge is 2.24. The summed E-state index contributed by atoms with van der Waals surface area (Å²) in [5, 5.41) is 2.63. The van der Waals surface area contributed by atoms with Gasteiger partial charge in [-0.2, -0.15) is 4.72 Å². The van der Waals surface area contributed by atoms with Crippen LogP contribution >= 0.6 is 0 Å². The number of sulfonamides is 1. The molecule has 1 heterocycles. The number of amides is 1. The summed E-state index contributed by atoms with van der Waals surface area (Å²) >= 11 is 0. The quantitative estimate of drug-likeness (QED) is 0.658. The van der Waals surface area contributed by atoms with Crippen molar-refractivity contribution in [3.63, 3.8) is 0 Å². The van der Waals surface area contributed by atoms with E-state index in [9.17, 15) is 13.2 Å². The average Bonchev–Trinajstić information content (AvgIpc) is 2.78. The second-order valence-electron chi connectivity index (χ2n) is 5.65. The van der Waals surface area contributed by atoms with Gasteiger partial charge in [-0.3, -0.25) is 4.79 Å². The molecule has 1 aliphatic rings. The fourth-order valence-electron chi connectivity index (χ4n) is 2.09. The van der Waals surface area contributed by atoms with E-state index in [-0.39, 0.29) is 17.5 Å². The minimum atomic E-state index is -3.87. The average molecular weight is 357 g/mol. The van der Waals surface area contributed by atoms with E-state index in [2.05, 4.69) is 10.0 Å². The fourth-order valence-corrected chi connectivity index (χ4v) is 3.31. The number of carbonyl (C=O) groups is 1. The van der Waals surface area contributed by atoms with Crippen molar-refractivity contribution in [3.8, 4) is 11.5 Å². The summed E-state index contributed by atoms with van der Waals surface area (Å²) < 4.78 is 38.2. The fraction of sp³-hybridized carbons (Fsp3) is 0.533. The van der Waals surface area contributed by atoms with Crippen molar-refractivity contribution in [1.82, 2.24) is 10.0 Å². The maximum atomic E-state index is 12.5. The van der Waals surface area contributed by atoms with Gasteiger partial charge in [-0.05, 0) is 26.0 Å². The topological polar surface area (TPSA) is 120 Å². The van der Waals surface area contributed by atoms with Crippen LogP contribution in [0.4, 0.5) is 0 Å². The van der Waals surface area contributed by atoms with Crippen molar-refractivity contribution in [3.05, 3.63) is 18.2 Å². The first-order valence-corrected chi connectivity index (χ1v) is 9.24. The van der Waals surface area contributed by atoms with Crippen molar-refractivity contribution >= 4 is 15.9 Å². The van der Waals surface area contributed by atoms with Crippen LogP contribution in [0.15, 0.2) is 23.1 Å². The molecule has 134 valence electrons. The second kappa shape index (κ2) is 7.82. The van der Waals surface area contributed by atoms with Crippen LogP contribution < -0.4 is 25.2 Å². The van der Waals surface area contributed by atoms with E-state index in [1.54, 1.807) is 13.0 Å². The molecular formula is C15H23N3O5S. The van der Waals surface area contributed by atoms with Gasteiger partial charge in [0.1, 0.15) is 0 Å². The zero-order valence-corrected chi connectivity index (χ0v) is 14.6. The van der Waals surface area contributed by atoms with Gasteiger partial charge in [0, 0.05) is 25.1 Å². The number of rotatable bonds is 6. The molecule has 0 saturated carbocycles. The van der Waals surface area contributed by atoms with Crippen LogP contribution in [0.25, 0.3) is 0 Å². The molecule has 0 spiro atoms. The predicted octanol–water partition coefficient (Wildman–Crippen LogP) is -0.0219. The highest BCUT2D eigenvalue weighted by atomic mass is 32.2. The Labute approximate surface area is 141 Å². The number of nitrogens with one attached hydrogen (secondary N) is 2. The number of fused-ring (bicyclic) bond motifs is 1. The van der Waals surface area contributed by atoms with Crippen molar-refractivity contribution in [2.45, 2.75) is 37.2 Å². The third kappa shape index (κ3) is 4.59. The van der Waals surface area contributed by atoms with E-state index in [0.717, 1.165) is 6.42 Å². The number of hydrogen-bond donors (Lipinski definition) is 3. The highest BCUT2D eigenvalue weighted by molar-refractivity contribution is 7.89. The SMILES string of the molecule is CC(NS(=O)(=O)c1ccc2c(c1)OCCCO2)C(=O)N[C@@H](C)CN. The highest BCUT2D eigenvalue weighted by Crippen LogP contribution is 2.31. The minimum Gasteiger partial charge on any atom is -0.490 e. The van der Waals surface area contributed by atoms with Crippen LogP contribution in [-0.2, 0) is 14.8 Å². The van der Waals surface area contributed by atoms with Gasteiger partial charge in [-0.25, -0.2) is 8.42 Å². The summed E-state index contributed by atoms with van der Waals surface area (Å²) in [5.74, 6) is 0.448. The Morgan fingerprint density at radius 2 is 1.92 bits per heavy atom. The molecule has 8 nitrogen and oxygen atoms in total. The van der Waals surface area contributed by atoms with Gasteiger partial charge in [0.15, 0.2) is 11.5 Å². The van der Waals surface area contributed by atoms with Crippen LogP contribution in [0, 0.1) is 0 Å². The van der Waals surface area contributed by atoms with Gasteiger partial charge in [-0.1, -0.05) is 0 Å². The summed E-state index contributed by atoms with van der Waals surface area (Å²) in [6, 6.07) is 3.21. The molecule has 9 heteroatoms. The first kappa shape index (κ1) is 18.5. The van der Waals surface area contributed by atoms with E-state index in [1.165, 1.54) is 19.1 Å². The Hall–Kier alpha value is -1.84. The van der Waals surface area contributed by atoms with Gasteiger partial charge in [0.05, 0.1) is 24.2 Å². The van der Waals surface area contributed by atoms with Crippen molar-refractivity contribution in [2.24, 2.45) is 5.73 Å². The van der Waals surface area contributed by atoms with Crippen LogP contribution in [0.5, 0.6) is 11.5 Å². The van der Waals surface area contributed by atoms with E-state index >= 15 is 0 Å². The molecular weight excluding hydrogens is 334 g/mol. The summed E-state index contributed by atoms with van der Waals surface area (Å²) in [6.45, 7) is 4.46. The van der Waals surface area contributed by atoms with E-state index in [4.69, 9.17) is 15.2 Å². The molecule has 0 radical (unpaired) electrons.